The molecular weight excluding hydrogens is 364 g/mol. The van der Waals surface area contributed by atoms with Crippen molar-refractivity contribution in [3.8, 4) is 28.5 Å². The number of aromatic nitrogens is 1. The summed E-state index contributed by atoms with van der Waals surface area (Å²) in [5.74, 6) is 0.893. The normalized spacial score (nSPS) is 10.4. The molecule has 0 aliphatic carbocycles. The van der Waals surface area contributed by atoms with Gasteiger partial charge in [0.15, 0.2) is 11.5 Å². The maximum absolute atomic E-state index is 12.7. The lowest BCUT2D eigenvalue weighted by Crippen LogP contribution is -2.14. The van der Waals surface area contributed by atoms with Gasteiger partial charge in [-0.1, -0.05) is 12.1 Å². The maximum atomic E-state index is 12.7. The summed E-state index contributed by atoms with van der Waals surface area (Å²) in [5.41, 5.74) is 2.96. The average Bonchev–Trinajstić information content (AvgIpc) is 3.13. The second-order valence-electron chi connectivity index (χ2n) is 5.67. The van der Waals surface area contributed by atoms with E-state index in [0.717, 1.165) is 16.3 Å². The zero-order valence-electron chi connectivity index (χ0n) is 15.5. The molecule has 6 nitrogen and oxygen atoms in total. The van der Waals surface area contributed by atoms with Crippen molar-refractivity contribution in [2.45, 2.75) is 6.92 Å². The van der Waals surface area contributed by atoms with Crippen LogP contribution in [0.4, 0.5) is 5.69 Å². The molecule has 3 rings (SSSR count). The SMILES string of the molecule is COc1ccc(C(=O)Nc2ccc(-c3csc(C)n3)cc2)c(OC)c1OC. The van der Waals surface area contributed by atoms with Crippen LogP contribution in [0, 0.1) is 6.92 Å². The quantitative estimate of drug-likeness (QED) is 0.682. The molecule has 7 heteroatoms. The van der Waals surface area contributed by atoms with Crippen molar-refractivity contribution in [3.63, 3.8) is 0 Å². The topological polar surface area (TPSA) is 69.7 Å². The van der Waals surface area contributed by atoms with Crippen molar-refractivity contribution in [1.82, 2.24) is 4.98 Å². The average molecular weight is 384 g/mol. The predicted octanol–water partition coefficient (Wildman–Crippen LogP) is 4.40. The monoisotopic (exact) mass is 384 g/mol. The number of carbonyl (C=O) groups excluding carboxylic acids is 1. The Morgan fingerprint density at radius 2 is 1.67 bits per heavy atom. The first-order valence-corrected chi connectivity index (χ1v) is 9.08. The van der Waals surface area contributed by atoms with Crippen LogP contribution in [0.2, 0.25) is 0 Å². The summed E-state index contributed by atoms with van der Waals surface area (Å²) in [6, 6.07) is 10.8. The van der Waals surface area contributed by atoms with E-state index in [1.807, 2.05) is 36.6 Å². The van der Waals surface area contributed by atoms with Crippen molar-refractivity contribution in [3.05, 3.63) is 52.3 Å². The van der Waals surface area contributed by atoms with Crippen LogP contribution in [-0.2, 0) is 0 Å². The van der Waals surface area contributed by atoms with Crippen molar-refractivity contribution < 1.29 is 19.0 Å². The van der Waals surface area contributed by atoms with E-state index >= 15 is 0 Å². The van der Waals surface area contributed by atoms with Crippen LogP contribution in [0.15, 0.2) is 41.8 Å². The molecular formula is C20H20N2O4S. The number of hydrogen-bond donors (Lipinski definition) is 1. The van der Waals surface area contributed by atoms with E-state index in [1.54, 1.807) is 23.5 Å². The van der Waals surface area contributed by atoms with Crippen LogP contribution in [0.25, 0.3) is 11.3 Å². The lowest BCUT2D eigenvalue weighted by molar-refractivity contribution is 0.102. The largest absolute Gasteiger partial charge is 0.493 e. The zero-order chi connectivity index (χ0) is 19.4. The van der Waals surface area contributed by atoms with Gasteiger partial charge in [-0.2, -0.15) is 0 Å². The lowest BCUT2D eigenvalue weighted by atomic mass is 10.1. The van der Waals surface area contributed by atoms with Crippen LogP contribution in [0.5, 0.6) is 17.2 Å². The molecule has 0 saturated carbocycles. The highest BCUT2D eigenvalue weighted by Crippen LogP contribution is 2.40. The fourth-order valence-corrected chi connectivity index (χ4v) is 3.32. The van der Waals surface area contributed by atoms with Gasteiger partial charge in [0.05, 0.1) is 37.6 Å². The Kier molecular flexibility index (Phi) is 5.61. The van der Waals surface area contributed by atoms with Crippen LogP contribution >= 0.6 is 11.3 Å². The zero-order valence-corrected chi connectivity index (χ0v) is 16.3. The molecule has 1 heterocycles. The van der Waals surface area contributed by atoms with Crippen molar-refractivity contribution in [2.75, 3.05) is 26.6 Å². The van der Waals surface area contributed by atoms with Gasteiger partial charge in [0.1, 0.15) is 0 Å². The molecule has 0 aliphatic heterocycles. The summed E-state index contributed by atoms with van der Waals surface area (Å²) in [6.45, 7) is 1.97. The van der Waals surface area contributed by atoms with Gasteiger partial charge < -0.3 is 19.5 Å². The number of methoxy groups -OCH3 is 3. The number of anilines is 1. The van der Waals surface area contributed by atoms with E-state index < -0.39 is 0 Å². The third-order valence-corrected chi connectivity index (χ3v) is 4.78. The van der Waals surface area contributed by atoms with Crippen molar-refractivity contribution in [1.29, 1.82) is 0 Å². The van der Waals surface area contributed by atoms with E-state index in [1.165, 1.54) is 21.3 Å². The molecule has 0 unspecified atom stereocenters. The summed E-state index contributed by atoms with van der Waals surface area (Å²) in [4.78, 5) is 17.2. The standard InChI is InChI=1S/C20H20N2O4S/c1-12-21-16(11-27-12)13-5-7-14(8-6-13)22-20(23)15-9-10-17(24-2)19(26-4)18(15)25-3/h5-11H,1-4H3,(H,22,23). The first-order valence-electron chi connectivity index (χ1n) is 8.20. The minimum Gasteiger partial charge on any atom is -0.493 e. The summed E-state index contributed by atoms with van der Waals surface area (Å²) in [5, 5.41) is 5.90. The molecule has 0 bridgehead atoms. The first kappa shape index (κ1) is 18.7. The molecule has 0 radical (unpaired) electrons. The van der Waals surface area contributed by atoms with Gasteiger partial charge >= 0.3 is 0 Å². The van der Waals surface area contributed by atoms with Crippen LogP contribution in [-0.4, -0.2) is 32.2 Å². The van der Waals surface area contributed by atoms with Crippen molar-refractivity contribution in [2.24, 2.45) is 0 Å². The Morgan fingerprint density at radius 1 is 0.963 bits per heavy atom. The molecule has 1 aromatic heterocycles. The molecule has 1 amide bonds. The van der Waals surface area contributed by atoms with Gasteiger partial charge in [0.25, 0.3) is 5.91 Å². The number of rotatable bonds is 6. The molecule has 0 atom stereocenters. The minimum atomic E-state index is -0.301. The third kappa shape index (κ3) is 3.88. The Hall–Kier alpha value is -3.06. The van der Waals surface area contributed by atoms with Gasteiger partial charge in [-0.05, 0) is 31.2 Å². The van der Waals surface area contributed by atoms with E-state index in [4.69, 9.17) is 14.2 Å². The molecule has 3 aromatic rings. The van der Waals surface area contributed by atoms with Gasteiger partial charge in [0, 0.05) is 16.6 Å². The van der Waals surface area contributed by atoms with Gasteiger partial charge in [0.2, 0.25) is 5.75 Å². The molecule has 0 spiro atoms. The van der Waals surface area contributed by atoms with E-state index in [0.29, 0.717) is 28.5 Å². The second-order valence-corrected chi connectivity index (χ2v) is 6.73. The summed E-state index contributed by atoms with van der Waals surface area (Å²) in [6.07, 6.45) is 0. The van der Waals surface area contributed by atoms with Gasteiger partial charge in [-0.25, -0.2) is 4.98 Å². The van der Waals surface area contributed by atoms with Crippen LogP contribution < -0.4 is 19.5 Å². The van der Waals surface area contributed by atoms with Gasteiger partial charge in [-0.15, -0.1) is 11.3 Å². The number of nitrogens with one attached hydrogen (secondary N) is 1. The minimum absolute atomic E-state index is 0.301. The molecule has 27 heavy (non-hydrogen) atoms. The Bertz CT molecular complexity index is 951. The number of amides is 1. The molecule has 2 aromatic carbocycles. The Labute approximate surface area is 161 Å². The van der Waals surface area contributed by atoms with Crippen LogP contribution in [0.3, 0.4) is 0 Å². The number of aryl methyl sites for hydroxylation is 1. The van der Waals surface area contributed by atoms with Gasteiger partial charge in [-0.3, -0.25) is 4.79 Å². The summed E-state index contributed by atoms with van der Waals surface area (Å²) >= 11 is 1.61. The number of carbonyl (C=O) groups is 1. The lowest BCUT2D eigenvalue weighted by Gasteiger charge is -2.15. The first-order chi connectivity index (χ1) is 13.1. The molecule has 0 fully saturated rings. The maximum Gasteiger partial charge on any atom is 0.259 e. The Morgan fingerprint density at radius 3 is 2.22 bits per heavy atom. The number of benzene rings is 2. The highest BCUT2D eigenvalue weighted by molar-refractivity contribution is 7.09. The number of nitrogens with zero attached hydrogens (tertiary/aromatic N) is 1. The molecule has 0 saturated heterocycles. The highest BCUT2D eigenvalue weighted by atomic mass is 32.1. The van der Waals surface area contributed by atoms with E-state index in [-0.39, 0.29) is 5.91 Å². The Balaban J connectivity index is 1.83. The number of hydrogen-bond acceptors (Lipinski definition) is 6. The third-order valence-electron chi connectivity index (χ3n) is 4.01. The predicted molar refractivity (Wildman–Crippen MR) is 106 cm³/mol. The van der Waals surface area contributed by atoms with Crippen LogP contribution in [0.1, 0.15) is 15.4 Å². The van der Waals surface area contributed by atoms with Crippen molar-refractivity contribution >= 4 is 22.9 Å². The second kappa shape index (κ2) is 8.09. The molecule has 140 valence electrons. The summed E-state index contributed by atoms with van der Waals surface area (Å²) < 4.78 is 16.0. The molecule has 1 N–H and O–H groups in total. The smallest absolute Gasteiger partial charge is 0.259 e. The van der Waals surface area contributed by atoms with E-state index in [9.17, 15) is 4.79 Å². The fraction of sp³-hybridized carbons (Fsp3) is 0.200. The number of ether oxygens (including phenoxy) is 3. The fourth-order valence-electron chi connectivity index (χ4n) is 2.70. The number of thiazole rings is 1. The molecule has 0 aliphatic rings. The summed E-state index contributed by atoms with van der Waals surface area (Å²) in [7, 11) is 4.52. The highest BCUT2D eigenvalue weighted by Gasteiger charge is 2.20. The van der Waals surface area contributed by atoms with E-state index in [2.05, 4.69) is 10.3 Å².